The minimum Gasteiger partial charge on any atom is -0.488 e. The fraction of sp³-hybridized carbons (Fsp3) is 0.0357. The van der Waals surface area contributed by atoms with Gasteiger partial charge in [0.25, 0.3) is 11.6 Å². The van der Waals surface area contributed by atoms with Crippen molar-refractivity contribution >= 4 is 74.3 Å². The number of carbonyl (C=O) groups excluding carboxylic acids is 1. The molecule has 1 N–H and O–H groups in total. The van der Waals surface area contributed by atoms with Crippen LogP contribution in [0.15, 0.2) is 99.3 Å². The first-order valence-electron chi connectivity index (χ1n) is 11.7. The van der Waals surface area contributed by atoms with Gasteiger partial charge in [0, 0.05) is 27.2 Å². The third-order valence-electron chi connectivity index (χ3n) is 5.56. The van der Waals surface area contributed by atoms with Crippen LogP contribution in [0.4, 0.5) is 5.69 Å². The maximum Gasteiger partial charge on any atom is 0.283 e. The number of nitro groups is 1. The zero-order valence-electron chi connectivity index (χ0n) is 20.4. The summed E-state index contributed by atoms with van der Waals surface area (Å²) in [6.07, 6.45) is 1.34. The number of nitro benzene ring substituents is 1. The normalized spacial score (nSPS) is 11.2. The number of hydrazone groups is 1. The Kier molecular flexibility index (Phi) is 8.61. The highest BCUT2D eigenvalue weighted by molar-refractivity contribution is 8.01. The number of carbonyl (C=O) groups is 1. The van der Waals surface area contributed by atoms with E-state index in [2.05, 4.69) is 15.5 Å². The number of halogens is 2. The minimum atomic E-state index is -0.508. The van der Waals surface area contributed by atoms with E-state index >= 15 is 0 Å². The molecule has 0 unspecified atom stereocenters. The second kappa shape index (κ2) is 12.5. The second-order valence-corrected chi connectivity index (χ2v) is 11.4. The van der Waals surface area contributed by atoms with Crippen LogP contribution in [0, 0.1) is 10.1 Å². The van der Waals surface area contributed by atoms with Gasteiger partial charge < -0.3 is 4.74 Å². The third kappa shape index (κ3) is 6.60. The van der Waals surface area contributed by atoms with Gasteiger partial charge in [0.15, 0.2) is 4.34 Å². The van der Waals surface area contributed by atoms with Crippen molar-refractivity contribution in [2.24, 2.45) is 5.10 Å². The minimum absolute atomic E-state index is 0.0841. The van der Waals surface area contributed by atoms with Gasteiger partial charge in [0.05, 0.1) is 31.8 Å². The monoisotopic (exact) mass is 608 g/mol. The average molecular weight is 610 g/mol. The van der Waals surface area contributed by atoms with E-state index in [1.165, 1.54) is 35.4 Å². The molecule has 0 spiro atoms. The fourth-order valence-electron chi connectivity index (χ4n) is 3.63. The van der Waals surface area contributed by atoms with Gasteiger partial charge in [-0.25, -0.2) is 10.4 Å². The lowest BCUT2D eigenvalue weighted by Crippen LogP contribution is -2.18. The summed E-state index contributed by atoms with van der Waals surface area (Å²) in [5, 5.41) is 16.7. The number of amides is 1. The number of hydrogen-bond donors (Lipinski definition) is 1. The van der Waals surface area contributed by atoms with Crippen molar-refractivity contribution in [2.75, 3.05) is 0 Å². The number of rotatable bonds is 9. The van der Waals surface area contributed by atoms with E-state index in [1.54, 1.807) is 54.6 Å². The van der Waals surface area contributed by atoms with Gasteiger partial charge in [-0.2, -0.15) is 5.10 Å². The lowest BCUT2D eigenvalue weighted by molar-refractivity contribution is -0.387. The van der Waals surface area contributed by atoms with E-state index in [0.29, 0.717) is 36.2 Å². The number of ether oxygens (including phenoxy) is 1. The highest BCUT2D eigenvalue weighted by Gasteiger charge is 2.18. The molecule has 0 saturated heterocycles. The largest absolute Gasteiger partial charge is 0.488 e. The molecular formula is C28H18Cl2N4O4S2. The van der Waals surface area contributed by atoms with Gasteiger partial charge in [-0.05, 0) is 42.5 Å². The van der Waals surface area contributed by atoms with Gasteiger partial charge in [-0.15, -0.1) is 11.3 Å². The molecule has 40 heavy (non-hydrogen) atoms. The molecule has 12 heteroatoms. The predicted molar refractivity (Wildman–Crippen MR) is 159 cm³/mol. The van der Waals surface area contributed by atoms with E-state index in [-0.39, 0.29) is 17.9 Å². The summed E-state index contributed by atoms with van der Waals surface area (Å²) in [7, 11) is 0. The van der Waals surface area contributed by atoms with Crippen LogP contribution in [-0.2, 0) is 6.61 Å². The van der Waals surface area contributed by atoms with E-state index < -0.39 is 10.8 Å². The lowest BCUT2D eigenvalue weighted by atomic mass is 10.2. The molecule has 0 aliphatic heterocycles. The topological polar surface area (TPSA) is 107 Å². The lowest BCUT2D eigenvalue weighted by Gasteiger charge is -2.11. The van der Waals surface area contributed by atoms with Crippen molar-refractivity contribution < 1.29 is 14.5 Å². The molecular weight excluding hydrogens is 591 g/mol. The van der Waals surface area contributed by atoms with Crippen LogP contribution < -0.4 is 10.2 Å². The molecule has 5 aromatic rings. The molecule has 0 atom stereocenters. The van der Waals surface area contributed by atoms with Crippen molar-refractivity contribution in [3.63, 3.8) is 0 Å². The molecule has 1 aromatic heterocycles. The molecule has 0 saturated carbocycles. The van der Waals surface area contributed by atoms with Crippen molar-refractivity contribution in [2.45, 2.75) is 15.8 Å². The molecule has 1 amide bonds. The zero-order valence-corrected chi connectivity index (χ0v) is 23.6. The summed E-state index contributed by atoms with van der Waals surface area (Å²) in [5.41, 5.74) is 4.63. The Morgan fingerprint density at radius 1 is 1.07 bits per heavy atom. The predicted octanol–water partition coefficient (Wildman–Crippen LogP) is 8.01. The maximum absolute atomic E-state index is 12.8. The highest BCUT2D eigenvalue weighted by Crippen LogP contribution is 2.38. The van der Waals surface area contributed by atoms with Gasteiger partial charge in [-0.3, -0.25) is 14.9 Å². The number of aromatic nitrogens is 1. The number of fused-ring (bicyclic) bond motifs is 1. The Morgan fingerprint density at radius 2 is 1.88 bits per heavy atom. The van der Waals surface area contributed by atoms with E-state index in [1.807, 2.05) is 24.3 Å². The fourth-order valence-corrected chi connectivity index (χ4v) is 6.20. The summed E-state index contributed by atoms with van der Waals surface area (Å²) in [5.74, 6) is -0.167. The zero-order chi connectivity index (χ0) is 28.1. The van der Waals surface area contributed by atoms with E-state index in [9.17, 15) is 14.9 Å². The number of thiazole rings is 1. The van der Waals surface area contributed by atoms with Gasteiger partial charge in [0.1, 0.15) is 12.4 Å². The number of nitrogens with one attached hydrogen (secondary N) is 1. The first-order valence-corrected chi connectivity index (χ1v) is 14.1. The van der Waals surface area contributed by atoms with Crippen LogP contribution >= 0.6 is 46.3 Å². The molecule has 8 nitrogen and oxygen atoms in total. The Hall–Kier alpha value is -3.96. The SMILES string of the molecule is O=C(N/N=C/c1ccc(Sc2nc3ccccc3s2)c([N+](=O)[O-])c1)c1ccccc1OCc1ccc(Cl)cc1Cl. The quantitative estimate of drug-likeness (QED) is 0.103. The Bertz CT molecular complexity index is 1730. The van der Waals surface area contributed by atoms with E-state index in [4.69, 9.17) is 27.9 Å². The first-order chi connectivity index (χ1) is 19.4. The molecule has 0 aliphatic rings. The highest BCUT2D eigenvalue weighted by atomic mass is 35.5. The molecule has 0 fully saturated rings. The standard InChI is InChI=1S/C28H18Cl2N4O4S2/c29-19-11-10-18(21(30)14-19)16-38-24-7-3-1-5-20(24)27(35)33-31-15-17-9-12-26(23(13-17)34(36)37)40-28-32-22-6-2-4-8-25(22)39-28/h1-15H,16H2,(H,33,35)/b31-15+. The number of nitrogens with zero attached hydrogens (tertiary/aromatic N) is 3. The summed E-state index contributed by atoms with van der Waals surface area (Å²) in [6.45, 7) is 0.134. The summed E-state index contributed by atoms with van der Waals surface area (Å²) >= 11 is 14.9. The molecule has 0 aliphatic carbocycles. The van der Waals surface area contributed by atoms with Gasteiger partial charge in [0.2, 0.25) is 0 Å². The van der Waals surface area contributed by atoms with Crippen molar-refractivity contribution in [3.05, 3.63) is 122 Å². The van der Waals surface area contributed by atoms with Crippen LogP contribution in [-0.4, -0.2) is 22.0 Å². The third-order valence-corrected chi connectivity index (χ3v) is 8.31. The average Bonchev–Trinajstić information content (AvgIpc) is 3.36. The summed E-state index contributed by atoms with van der Waals surface area (Å²) in [6, 6.07) is 24.2. The Morgan fingerprint density at radius 3 is 2.67 bits per heavy atom. The van der Waals surface area contributed by atoms with Crippen molar-refractivity contribution in [1.82, 2.24) is 10.4 Å². The maximum atomic E-state index is 12.8. The van der Waals surface area contributed by atoms with Gasteiger partial charge >= 0.3 is 0 Å². The van der Waals surface area contributed by atoms with Crippen molar-refractivity contribution in [3.8, 4) is 5.75 Å². The van der Waals surface area contributed by atoms with Gasteiger partial charge in [-0.1, -0.05) is 71.4 Å². The smallest absolute Gasteiger partial charge is 0.283 e. The first kappa shape index (κ1) is 27.6. The van der Waals surface area contributed by atoms with Crippen LogP contribution in [0.5, 0.6) is 5.75 Å². The van der Waals surface area contributed by atoms with Crippen LogP contribution in [0.25, 0.3) is 10.2 Å². The molecule has 4 aromatic carbocycles. The molecule has 5 rings (SSSR count). The molecule has 0 radical (unpaired) electrons. The van der Waals surface area contributed by atoms with E-state index in [0.717, 1.165) is 10.2 Å². The number of hydrogen-bond acceptors (Lipinski definition) is 8. The van der Waals surface area contributed by atoms with Crippen molar-refractivity contribution in [1.29, 1.82) is 0 Å². The van der Waals surface area contributed by atoms with Crippen LogP contribution in [0.3, 0.4) is 0 Å². The van der Waals surface area contributed by atoms with Crippen LogP contribution in [0.2, 0.25) is 10.0 Å². The summed E-state index contributed by atoms with van der Waals surface area (Å²) in [4.78, 5) is 29.1. The summed E-state index contributed by atoms with van der Waals surface area (Å²) < 4.78 is 7.54. The Labute approximate surface area is 246 Å². The molecule has 200 valence electrons. The second-order valence-electron chi connectivity index (χ2n) is 8.25. The number of benzene rings is 4. The molecule has 1 heterocycles. The van der Waals surface area contributed by atoms with Crippen LogP contribution in [0.1, 0.15) is 21.5 Å². The number of para-hydroxylation sites is 2. The Balaban J connectivity index is 1.26. The molecule has 0 bridgehead atoms.